The van der Waals surface area contributed by atoms with Crippen LogP contribution in [0.3, 0.4) is 0 Å². The Kier molecular flexibility index (Phi) is 6.33. The van der Waals surface area contributed by atoms with Gasteiger partial charge in [-0.3, -0.25) is 9.59 Å². The molecule has 0 radical (unpaired) electrons. The standard InChI is InChI=1S/C26H32N4O2/c1-5-28-11-13-29(14-12-28)26(32)24-17-21-16-22(9-10-23(21)30(24)6-2)27-25(31)20-8-7-18(3)19(4)15-20/h7-10,15-17H,5-6,11-14H2,1-4H3,(H,27,31). The minimum atomic E-state index is -0.132. The van der Waals surface area contributed by atoms with E-state index in [2.05, 4.69) is 28.6 Å². The van der Waals surface area contributed by atoms with Crippen molar-refractivity contribution in [2.45, 2.75) is 34.2 Å². The van der Waals surface area contributed by atoms with Crippen LogP contribution in [0, 0.1) is 13.8 Å². The molecule has 0 aliphatic carbocycles. The molecule has 1 aliphatic heterocycles. The van der Waals surface area contributed by atoms with Gasteiger partial charge in [0.05, 0.1) is 0 Å². The maximum absolute atomic E-state index is 13.3. The van der Waals surface area contributed by atoms with Crippen molar-refractivity contribution in [1.29, 1.82) is 0 Å². The van der Waals surface area contributed by atoms with Crippen LogP contribution in [0.25, 0.3) is 10.9 Å². The van der Waals surface area contributed by atoms with Crippen LogP contribution in [0.4, 0.5) is 5.69 Å². The molecule has 0 bridgehead atoms. The molecule has 1 saturated heterocycles. The number of hydrogen-bond donors (Lipinski definition) is 1. The number of amides is 2. The van der Waals surface area contributed by atoms with Crippen LogP contribution in [0.1, 0.15) is 45.8 Å². The van der Waals surface area contributed by atoms with Crippen LogP contribution in [0.15, 0.2) is 42.5 Å². The molecule has 32 heavy (non-hydrogen) atoms. The molecule has 1 N–H and O–H groups in total. The number of piperazine rings is 1. The molecule has 6 nitrogen and oxygen atoms in total. The first-order chi connectivity index (χ1) is 15.4. The van der Waals surface area contributed by atoms with Crippen LogP contribution in [0.2, 0.25) is 0 Å². The number of hydrogen-bond acceptors (Lipinski definition) is 3. The molecular weight excluding hydrogens is 400 g/mol. The van der Waals surface area contributed by atoms with Gasteiger partial charge in [0.15, 0.2) is 0 Å². The number of anilines is 1. The predicted molar refractivity (Wildman–Crippen MR) is 129 cm³/mol. The molecule has 1 aliphatic rings. The van der Waals surface area contributed by atoms with Gasteiger partial charge in [0.2, 0.25) is 0 Å². The highest BCUT2D eigenvalue weighted by Crippen LogP contribution is 2.25. The van der Waals surface area contributed by atoms with E-state index >= 15 is 0 Å². The van der Waals surface area contributed by atoms with E-state index in [1.807, 2.05) is 61.2 Å². The summed E-state index contributed by atoms with van der Waals surface area (Å²) >= 11 is 0. The zero-order valence-corrected chi connectivity index (χ0v) is 19.4. The topological polar surface area (TPSA) is 57.6 Å². The molecule has 1 aromatic heterocycles. The molecular formula is C26H32N4O2. The van der Waals surface area contributed by atoms with Crippen LogP contribution in [-0.2, 0) is 6.54 Å². The average molecular weight is 433 g/mol. The number of carbonyl (C=O) groups is 2. The third-order valence-corrected chi connectivity index (χ3v) is 6.57. The number of aromatic nitrogens is 1. The first kappa shape index (κ1) is 22.1. The monoisotopic (exact) mass is 432 g/mol. The number of rotatable bonds is 5. The van der Waals surface area contributed by atoms with E-state index in [1.165, 1.54) is 0 Å². The molecule has 0 atom stereocenters. The Bertz CT molecular complexity index is 1160. The molecule has 6 heteroatoms. The summed E-state index contributed by atoms with van der Waals surface area (Å²) in [6.07, 6.45) is 0. The second-order valence-electron chi connectivity index (χ2n) is 8.53. The van der Waals surface area contributed by atoms with Crippen molar-refractivity contribution in [2.75, 3.05) is 38.0 Å². The van der Waals surface area contributed by atoms with Crippen molar-refractivity contribution in [2.24, 2.45) is 0 Å². The number of nitrogens with one attached hydrogen (secondary N) is 1. The van der Waals surface area contributed by atoms with E-state index in [0.717, 1.165) is 60.4 Å². The minimum Gasteiger partial charge on any atom is -0.337 e. The lowest BCUT2D eigenvalue weighted by molar-refractivity contribution is 0.0633. The fourth-order valence-corrected chi connectivity index (χ4v) is 4.38. The molecule has 0 unspecified atom stereocenters. The molecule has 1 fully saturated rings. The number of benzene rings is 2. The van der Waals surface area contributed by atoms with Crippen LogP contribution in [0.5, 0.6) is 0 Å². The Morgan fingerprint density at radius 3 is 2.28 bits per heavy atom. The van der Waals surface area contributed by atoms with Crippen molar-refractivity contribution >= 4 is 28.4 Å². The van der Waals surface area contributed by atoms with Crippen LogP contribution < -0.4 is 5.32 Å². The van der Waals surface area contributed by atoms with Crippen LogP contribution in [-0.4, -0.2) is 58.9 Å². The van der Waals surface area contributed by atoms with Gasteiger partial charge in [0, 0.05) is 54.9 Å². The number of aryl methyl sites for hydroxylation is 3. The van der Waals surface area contributed by atoms with Crippen molar-refractivity contribution < 1.29 is 9.59 Å². The van der Waals surface area contributed by atoms with Crippen molar-refractivity contribution in [1.82, 2.24) is 14.4 Å². The summed E-state index contributed by atoms with van der Waals surface area (Å²) in [5, 5.41) is 3.96. The number of likely N-dealkylation sites (N-methyl/N-ethyl adjacent to an activating group) is 1. The fraction of sp³-hybridized carbons (Fsp3) is 0.385. The Hall–Kier alpha value is -3.12. The highest BCUT2D eigenvalue weighted by molar-refractivity contribution is 6.06. The molecule has 3 aromatic rings. The predicted octanol–water partition coefficient (Wildman–Crippen LogP) is 4.31. The van der Waals surface area contributed by atoms with Gasteiger partial charge in [-0.05, 0) is 74.8 Å². The molecule has 0 saturated carbocycles. The van der Waals surface area contributed by atoms with Gasteiger partial charge in [-0.15, -0.1) is 0 Å². The minimum absolute atomic E-state index is 0.0829. The highest BCUT2D eigenvalue weighted by atomic mass is 16.2. The lowest BCUT2D eigenvalue weighted by Crippen LogP contribution is -2.48. The van der Waals surface area contributed by atoms with Gasteiger partial charge in [0.25, 0.3) is 11.8 Å². The Balaban J connectivity index is 1.57. The number of carbonyl (C=O) groups excluding carboxylic acids is 2. The third-order valence-electron chi connectivity index (χ3n) is 6.57. The van der Waals surface area contributed by atoms with E-state index in [1.54, 1.807) is 0 Å². The third kappa shape index (κ3) is 4.28. The average Bonchev–Trinajstić information content (AvgIpc) is 3.18. The summed E-state index contributed by atoms with van der Waals surface area (Å²) in [7, 11) is 0. The Morgan fingerprint density at radius 2 is 1.62 bits per heavy atom. The Morgan fingerprint density at radius 1 is 0.875 bits per heavy atom. The summed E-state index contributed by atoms with van der Waals surface area (Å²) in [4.78, 5) is 30.3. The first-order valence-electron chi connectivity index (χ1n) is 11.4. The van der Waals surface area contributed by atoms with E-state index in [-0.39, 0.29) is 11.8 Å². The highest BCUT2D eigenvalue weighted by Gasteiger charge is 2.24. The molecule has 0 spiro atoms. The molecule has 2 heterocycles. The van der Waals surface area contributed by atoms with E-state index in [0.29, 0.717) is 17.8 Å². The first-order valence-corrected chi connectivity index (χ1v) is 11.4. The SMILES string of the molecule is CCN1CCN(C(=O)c2cc3cc(NC(=O)c4ccc(C)c(C)c4)ccc3n2CC)CC1. The molecule has 4 rings (SSSR count). The fourth-order valence-electron chi connectivity index (χ4n) is 4.38. The van der Waals surface area contributed by atoms with Gasteiger partial charge in [-0.1, -0.05) is 13.0 Å². The summed E-state index contributed by atoms with van der Waals surface area (Å²) in [6.45, 7) is 13.3. The zero-order chi connectivity index (χ0) is 22.8. The second kappa shape index (κ2) is 9.17. The van der Waals surface area contributed by atoms with Crippen molar-refractivity contribution in [3.05, 3.63) is 64.8 Å². The van der Waals surface area contributed by atoms with E-state index in [9.17, 15) is 9.59 Å². The smallest absolute Gasteiger partial charge is 0.270 e. The van der Waals surface area contributed by atoms with E-state index in [4.69, 9.17) is 0 Å². The summed E-state index contributed by atoms with van der Waals surface area (Å²) in [6, 6.07) is 13.5. The van der Waals surface area contributed by atoms with Gasteiger partial charge in [-0.25, -0.2) is 0 Å². The molecule has 2 amide bonds. The lowest BCUT2D eigenvalue weighted by Gasteiger charge is -2.34. The number of nitrogens with zero attached hydrogens (tertiary/aromatic N) is 3. The van der Waals surface area contributed by atoms with Crippen molar-refractivity contribution in [3.8, 4) is 0 Å². The number of fused-ring (bicyclic) bond motifs is 1. The normalized spacial score (nSPS) is 14.7. The van der Waals surface area contributed by atoms with Gasteiger partial charge >= 0.3 is 0 Å². The quantitative estimate of drug-likeness (QED) is 0.654. The van der Waals surface area contributed by atoms with Gasteiger partial charge in [-0.2, -0.15) is 0 Å². The lowest BCUT2D eigenvalue weighted by atomic mass is 10.1. The zero-order valence-electron chi connectivity index (χ0n) is 19.4. The largest absolute Gasteiger partial charge is 0.337 e. The van der Waals surface area contributed by atoms with Crippen molar-refractivity contribution in [3.63, 3.8) is 0 Å². The molecule has 2 aromatic carbocycles. The van der Waals surface area contributed by atoms with E-state index < -0.39 is 0 Å². The maximum atomic E-state index is 13.3. The summed E-state index contributed by atoms with van der Waals surface area (Å²) < 4.78 is 2.07. The van der Waals surface area contributed by atoms with Gasteiger partial charge in [0.1, 0.15) is 5.69 Å². The Labute approximate surface area is 189 Å². The van der Waals surface area contributed by atoms with Gasteiger partial charge < -0.3 is 19.7 Å². The molecule has 168 valence electrons. The summed E-state index contributed by atoms with van der Waals surface area (Å²) in [5.41, 5.74) is 5.34. The van der Waals surface area contributed by atoms with Crippen LogP contribution >= 0.6 is 0 Å². The second-order valence-corrected chi connectivity index (χ2v) is 8.53. The maximum Gasteiger partial charge on any atom is 0.270 e. The summed E-state index contributed by atoms with van der Waals surface area (Å²) in [5.74, 6) is -0.0491.